The van der Waals surface area contributed by atoms with Crippen molar-refractivity contribution in [1.29, 1.82) is 0 Å². The zero-order chi connectivity index (χ0) is 15.0. The highest BCUT2D eigenvalue weighted by atomic mass is 79.9. The second kappa shape index (κ2) is 5.28. The van der Waals surface area contributed by atoms with Crippen LogP contribution in [0.2, 0.25) is 0 Å². The topological polar surface area (TPSA) is 87.4 Å². The summed E-state index contributed by atoms with van der Waals surface area (Å²) in [7, 11) is 1.88. The third-order valence-corrected chi connectivity index (χ3v) is 3.55. The Balaban J connectivity index is 2.16. The van der Waals surface area contributed by atoms with Crippen LogP contribution in [0.5, 0.6) is 0 Å². The predicted octanol–water partition coefficient (Wildman–Crippen LogP) is 1.97. The van der Waals surface area contributed by atoms with Crippen LogP contribution >= 0.6 is 15.9 Å². The number of hydrogen-bond acceptors (Lipinski definition) is 5. The van der Waals surface area contributed by atoms with Gasteiger partial charge in [0.15, 0.2) is 5.82 Å². The molecule has 1 aromatic carbocycles. The molecule has 3 rings (SSSR count). The van der Waals surface area contributed by atoms with Gasteiger partial charge in [0, 0.05) is 22.8 Å². The van der Waals surface area contributed by atoms with Gasteiger partial charge in [-0.05, 0) is 35.0 Å². The zero-order valence-electron chi connectivity index (χ0n) is 11.7. The zero-order valence-corrected chi connectivity index (χ0v) is 13.2. The Morgan fingerprint density at radius 2 is 2.10 bits per heavy atom. The van der Waals surface area contributed by atoms with Gasteiger partial charge in [0.05, 0.1) is 11.9 Å². The molecule has 2 heterocycles. The molecular weight excluding hydrogens is 334 g/mol. The van der Waals surface area contributed by atoms with Crippen LogP contribution in [0.4, 0.5) is 5.69 Å². The van der Waals surface area contributed by atoms with E-state index in [1.807, 2.05) is 38.4 Å². The maximum absolute atomic E-state index is 5.89. The van der Waals surface area contributed by atoms with Crippen molar-refractivity contribution in [2.24, 2.45) is 7.05 Å². The summed E-state index contributed by atoms with van der Waals surface area (Å²) in [6.07, 6.45) is 2.70. The lowest BCUT2D eigenvalue weighted by molar-refractivity contribution is 0.746. The van der Waals surface area contributed by atoms with Gasteiger partial charge in [0.25, 0.3) is 0 Å². The number of nitrogen functional groups attached to an aromatic ring is 1. The average molecular weight is 348 g/mol. The van der Waals surface area contributed by atoms with Gasteiger partial charge in [-0.15, -0.1) is 5.10 Å². The lowest BCUT2D eigenvalue weighted by Crippen LogP contribution is -2.02. The third-order valence-electron chi connectivity index (χ3n) is 3.09. The minimum atomic E-state index is 0.630. The number of halogens is 1. The molecule has 0 atom stereocenters. The summed E-state index contributed by atoms with van der Waals surface area (Å²) in [6.45, 7) is 2.05. The Morgan fingerprint density at radius 3 is 2.81 bits per heavy atom. The first kappa shape index (κ1) is 13.7. The molecule has 0 aliphatic heterocycles. The van der Waals surface area contributed by atoms with E-state index < -0.39 is 0 Å². The summed E-state index contributed by atoms with van der Waals surface area (Å²) in [5, 5.41) is 16.4. The van der Waals surface area contributed by atoms with Crippen LogP contribution in [0, 0.1) is 0 Å². The molecule has 0 saturated carbocycles. The van der Waals surface area contributed by atoms with E-state index in [1.54, 1.807) is 9.36 Å². The third kappa shape index (κ3) is 2.54. The van der Waals surface area contributed by atoms with E-state index in [-0.39, 0.29) is 0 Å². The summed E-state index contributed by atoms with van der Waals surface area (Å²) < 4.78 is 4.33. The standard InChI is InChI=1S/C13H14BrN7/c1-3-11-12(7-20(2)17-11)21-13(16-18-19-21)8-4-9(14)6-10(15)5-8/h4-7H,3,15H2,1-2H3. The number of anilines is 1. The molecule has 0 radical (unpaired) electrons. The van der Waals surface area contributed by atoms with Crippen LogP contribution in [-0.4, -0.2) is 30.0 Å². The van der Waals surface area contributed by atoms with Gasteiger partial charge in [-0.2, -0.15) is 9.78 Å². The Kier molecular flexibility index (Phi) is 3.46. The summed E-state index contributed by atoms with van der Waals surface area (Å²) >= 11 is 3.44. The highest BCUT2D eigenvalue weighted by Gasteiger charge is 2.16. The van der Waals surface area contributed by atoms with Crippen molar-refractivity contribution in [3.8, 4) is 17.1 Å². The molecule has 7 nitrogen and oxygen atoms in total. The fraction of sp³-hybridized carbons (Fsp3) is 0.231. The minimum absolute atomic E-state index is 0.630. The molecule has 0 unspecified atom stereocenters. The number of aryl methyl sites for hydroxylation is 2. The second-order valence-corrected chi connectivity index (χ2v) is 5.59. The van der Waals surface area contributed by atoms with Crippen molar-refractivity contribution in [3.05, 3.63) is 34.6 Å². The molecule has 2 N–H and O–H groups in total. The molecule has 0 amide bonds. The van der Waals surface area contributed by atoms with Gasteiger partial charge in [0.2, 0.25) is 0 Å². The van der Waals surface area contributed by atoms with Crippen LogP contribution in [0.3, 0.4) is 0 Å². The van der Waals surface area contributed by atoms with E-state index in [9.17, 15) is 0 Å². The van der Waals surface area contributed by atoms with E-state index in [4.69, 9.17) is 5.73 Å². The summed E-state index contributed by atoms with van der Waals surface area (Å²) in [6, 6.07) is 5.61. The highest BCUT2D eigenvalue weighted by Crippen LogP contribution is 2.26. The maximum Gasteiger partial charge on any atom is 0.187 e. The molecule has 0 fully saturated rings. The van der Waals surface area contributed by atoms with Gasteiger partial charge in [0.1, 0.15) is 5.69 Å². The van der Waals surface area contributed by atoms with Gasteiger partial charge >= 0.3 is 0 Å². The van der Waals surface area contributed by atoms with Crippen LogP contribution in [0.1, 0.15) is 12.6 Å². The number of aromatic nitrogens is 6. The molecule has 8 heteroatoms. The largest absolute Gasteiger partial charge is 0.399 e. The molecule has 0 bridgehead atoms. The number of benzene rings is 1. The van der Waals surface area contributed by atoms with Crippen molar-refractivity contribution >= 4 is 21.6 Å². The van der Waals surface area contributed by atoms with Gasteiger partial charge in [-0.1, -0.05) is 22.9 Å². The summed E-state index contributed by atoms with van der Waals surface area (Å²) in [5.41, 5.74) is 9.20. The molecule has 0 aliphatic rings. The first-order chi connectivity index (χ1) is 10.1. The van der Waals surface area contributed by atoms with Crippen molar-refractivity contribution in [1.82, 2.24) is 30.0 Å². The molecule has 2 aromatic heterocycles. The number of nitrogens with two attached hydrogens (primary N) is 1. The van der Waals surface area contributed by atoms with E-state index >= 15 is 0 Å². The second-order valence-electron chi connectivity index (χ2n) is 4.68. The van der Waals surface area contributed by atoms with Crippen molar-refractivity contribution in [3.63, 3.8) is 0 Å². The van der Waals surface area contributed by atoms with Crippen molar-refractivity contribution < 1.29 is 0 Å². The summed E-state index contributed by atoms with van der Waals surface area (Å²) in [4.78, 5) is 0. The van der Waals surface area contributed by atoms with Crippen LogP contribution in [-0.2, 0) is 13.5 Å². The number of tetrazole rings is 1. The molecule has 108 valence electrons. The molecule has 0 spiro atoms. The Morgan fingerprint density at radius 1 is 1.29 bits per heavy atom. The molecule has 3 aromatic rings. The molecule has 21 heavy (non-hydrogen) atoms. The normalized spacial score (nSPS) is 11.0. The fourth-order valence-corrected chi connectivity index (χ4v) is 2.73. The smallest absolute Gasteiger partial charge is 0.187 e. The quantitative estimate of drug-likeness (QED) is 0.731. The number of hydrogen-bond donors (Lipinski definition) is 1. The molecular formula is C13H14BrN7. The van der Waals surface area contributed by atoms with E-state index in [2.05, 4.69) is 36.6 Å². The summed E-state index contributed by atoms with van der Waals surface area (Å²) in [5.74, 6) is 0.630. The highest BCUT2D eigenvalue weighted by molar-refractivity contribution is 9.10. The van der Waals surface area contributed by atoms with Crippen LogP contribution in [0.15, 0.2) is 28.9 Å². The van der Waals surface area contributed by atoms with E-state index in [1.165, 1.54) is 0 Å². The van der Waals surface area contributed by atoms with E-state index in [0.29, 0.717) is 11.5 Å². The number of nitrogens with zero attached hydrogens (tertiary/aromatic N) is 6. The number of rotatable bonds is 3. The first-order valence-electron chi connectivity index (χ1n) is 6.46. The minimum Gasteiger partial charge on any atom is -0.399 e. The maximum atomic E-state index is 5.89. The Labute approximate surface area is 129 Å². The average Bonchev–Trinajstić information content (AvgIpc) is 3.02. The molecule has 0 saturated heterocycles. The van der Waals surface area contributed by atoms with Gasteiger partial charge in [-0.25, -0.2) is 0 Å². The van der Waals surface area contributed by atoms with Crippen molar-refractivity contribution in [2.45, 2.75) is 13.3 Å². The lowest BCUT2D eigenvalue weighted by atomic mass is 10.2. The van der Waals surface area contributed by atoms with Crippen molar-refractivity contribution in [2.75, 3.05) is 5.73 Å². The van der Waals surface area contributed by atoms with Gasteiger partial charge in [-0.3, -0.25) is 4.68 Å². The fourth-order valence-electron chi connectivity index (χ4n) is 2.22. The lowest BCUT2D eigenvalue weighted by Gasteiger charge is -2.05. The van der Waals surface area contributed by atoms with Crippen LogP contribution in [0.25, 0.3) is 17.1 Å². The Hall–Kier alpha value is -2.22. The predicted molar refractivity (Wildman–Crippen MR) is 82.8 cm³/mol. The monoisotopic (exact) mass is 347 g/mol. The van der Waals surface area contributed by atoms with Crippen LogP contribution < -0.4 is 5.73 Å². The molecule has 0 aliphatic carbocycles. The Bertz CT molecular complexity index is 769. The van der Waals surface area contributed by atoms with E-state index in [0.717, 1.165) is 27.8 Å². The first-order valence-corrected chi connectivity index (χ1v) is 7.25. The van der Waals surface area contributed by atoms with Gasteiger partial charge < -0.3 is 5.73 Å². The SMILES string of the molecule is CCc1nn(C)cc1-n1nnnc1-c1cc(N)cc(Br)c1.